The van der Waals surface area contributed by atoms with Crippen molar-refractivity contribution in [1.82, 2.24) is 9.55 Å². The quantitative estimate of drug-likeness (QED) is 0.854. The van der Waals surface area contributed by atoms with E-state index in [-0.39, 0.29) is 12.4 Å². The lowest BCUT2D eigenvalue weighted by Crippen LogP contribution is -2.10. The molecule has 0 saturated carbocycles. The molecular weight excluding hydrogens is 210 g/mol. The lowest BCUT2D eigenvalue weighted by Gasteiger charge is -2.11. The van der Waals surface area contributed by atoms with E-state index >= 15 is 0 Å². The molecule has 0 unspecified atom stereocenters. The molecule has 2 N–H and O–H groups in total. The van der Waals surface area contributed by atoms with Crippen molar-refractivity contribution in [3.63, 3.8) is 0 Å². The zero-order valence-electron chi connectivity index (χ0n) is 8.97. The predicted octanol–water partition coefficient (Wildman–Crippen LogP) is 2.50. The molecule has 82 valence electrons. The summed E-state index contributed by atoms with van der Waals surface area (Å²) in [4.78, 5) is 4.49. The summed E-state index contributed by atoms with van der Waals surface area (Å²) in [6, 6.07) is 8.54. The second-order valence-corrected chi connectivity index (χ2v) is 3.68. The Morgan fingerprint density at radius 2 is 2.00 bits per heavy atom. The highest BCUT2D eigenvalue weighted by Gasteiger charge is 2.10. The van der Waals surface area contributed by atoms with Gasteiger partial charge < -0.3 is 10.3 Å². The number of benzene rings is 1. The van der Waals surface area contributed by atoms with Gasteiger partial charge in [-0.15, -0.1) is 12.4 Å². The van der Waals surface area contributed by atoms with Crippen LogP contribution >= 0.6 is 12.4 Å². The fraction of sp³-hybridized carbons (Fsp3) is 0.364. The van der Waals surface area contributed by atoms with Crippen LogP contribution in [0.2, 0.25) is 0 Å². The number of nitrogens with zero attached hydrogens (tertiary/aromatic N) is 2. The number of imidazole rings is 1. The highest BCUT2D eigenvalue weighted by Crippen LogP contribution is 2.20. The molecule has 0 aliphatic carbocycles. The van der Waals surface area contributed by atoms with Crippen LogP contribution in [0.25, 0.3) is 11.0 Å². The molecule has 0 amide bonds. The first-order chi connectivity index (χ1) is 6.74. The summed E-state index contributed by atoms with van der Waals surface area (Å²) in [5.41, 5.74) is 7.87. The van der Waals surface area contributed by atoms with Gasteiger partial charge in [-0.05, 0) is 26.0 Å². The van der Waals surface area contributed by atoms with Crippen LogP contribution < -0.4 is 5.73 Å². The van der Waals surface area contributed by atoms with Crippen LogP contribution in [0.1, 0.15) is 25.7 Å². The normalized spacial score (nSPS) is 10.7. The molecule has 0 spiro atoms. The third-order valence-electron chi connectivity index (χ3n) is 2.37. The fourth-order valence-electron chi connectivity index (χ4n) is 1.81. The Bertz CT molecular complexity index is 448. The summed E-state index contributed by atoms with van der Waals surface area (Å²) in [5.74, 6) is 0.959. The van der Waals surface area contributed by atoms with Gasteiger partial charge in [0.25, 0.3) is 0 Å². The molecular formula is C11H16ClN3. The van der Waals surface area contributed by atoms with Crippen LogP contribution in [0.15, 0.2) is 24.3 Å². The highest BCUT2D eigenvalue weighted by molar-refractivity contribution is 5.85. The van der Waals surface area contributed by atoms with Gasteiger partial charge in [-0.25, -0.2) is 4.98 Å². The Morgan fingerprint density at radius 3 is 2.60 bits per heavy atom. The maximum atomic E-state index is 5.67. The number of nitrogens with two attached hydrogens (primary N) is 1. The summed E-state index contributed by atoms with van der Waals surface area (Å²) in [7, 11) is 0. The molecule has 2 rings (SSSR count). The van der Waals surface area contributed by atoms with E-state index in [0.717, 1.165) is 11.3 Å². The third kappa shape index (κ3) is 1.98. The van der Waals surface area contributed by atoms with Crippen LogP contribution in [-0.2, 0) is 6.54 Å². The summed E-state index contributed by atoms with van der Waals surface area (Å²) < 4.78 is 2.19. The Labute approximate surface area is 95.7 Å². The van der Waals surface area contributed by atoms with Gasteiger partial charge in [0, 0.05) is 6.04 Å². The third-order valence-corrected chi connectivity index (χ3v) is 2.37. The van der Waals surface area contributed by atoms with Gasteiger partial charge in [0.15, 0.2) is 0 Å². The standard InChI is InChI=1S/C11H15N3.ClH/c1-8(2)14-10-6-4-3-5-9(10)13-11(14)7-12;/h3-6,8H,7,12H2,1-2H3;1H. The summed E-state index contributed by atoms with van der Waals surface area (Å²) in [5, 5.41) is 0. The average Bonchev–Trinajstić information content (AvgIpc) is 2.55. The van der Waals surface area contributed by atoms with E-state index in [1.54, 1.807) is 0 Å². The van der Waals surface area contributed by atoms with E-state index in [0.29, 0.717) is 12.6 Å². The molecule has 1 aromatic heterocycles. The molecule has 0 saturated heterocycles. The summed E-state index contributed by atoms with van der Waals surface area (Å²) in [6.07, 6.45) is 0. The van der Waals surface area contributed by atoms with Gasteiger partial charge in [0.05, 0.1) is 17.6 Å². The first-order valence-corrected chi connectivity index (χ1v) is 4.90. The lowest BCUT2D eigenvalue weighted by atomic mass is 10.3. The number of fused-ring (bicyclic) bond motifs is 1. The lowest BCUT2D eigenvalue weighted by molar-refractivity contribution is 0.585. The molecule has 2 aromatic rings. The maximum absolute atomic E-state index is 5.67. The molecule has 0 radical (unpaired) electrons. The van der Waals surface area contributed by atoms with Gasteiger partial charge in [0.2, 0.25) is 0 Å². The van der Waals surface area contributed by atoms with Crippen molar-refractivity contribution in [2.75, 3.05) is 0 Å². The van der Waals surface area contributed by atoms with E-state index in [9.17, 15) is 0 Å². The van der Waals surface area contributed by atoms with Crippen molar-refractivity contribution >= 4 is 23.4 Å². The van der Waals surface area contributed by atoms with E-state index in [4.69, 9.17) is 5.73 Å². The predicted molar refractivity (Wildman–Crippen MR) is 65.3 cm³/mol. The zero-order valence-corrected chi connectivity index (χ0v) is 9.79. The van der Waals surface area contributed by atoms with E-state index in [1.807, 2.05) is 18.2 Å². The summed E-state index contributed by atoms with van der Waals surface area (Å²) in [6.45, 7) is 4.79. The molecule has 15 heavy (non-hydrogen) atoms. The van der Waals surface area contributed by atoms with Gasteiger partial charge in [0.1, 0.15) is 5.82 Å². The second-order valence-electron chi connectivity index (χ2n) is 3.68. The van der Waals surface area contributed by atoms with Crippen LogP contribution in [0.3, 0.4) is 0 Å². The van der Waals surface area contributed by atoms with Crippen LogP contribution in [0.4, 0.5) is 0 Å². The van der Waals surface area contributed by atoms with Crippen molar-refractivity contribution in [3.8, 4) is 0 Å². The number of hydrogen-bond acceptors (Lipinski definition) is 2. The Morgan fingerprint density at radius 1 is 1.33 bits per heavy atom. The molecule has 0 aliphatic heterocycles. The first kappa shape index (κ1) is 12.0. The maximum Gasteiger partial charge on any atom is 0.123 e. The van der Waals surface area contributed by atoms with Crippen LogP contribution in [0.5, 0.6) is 0 Å². The number of rotatable bonds is 2. The SMILES string of the molecule is CC(C)n1c(CN)nc2ccccc21.Cl. The largest absolute Gasteiger partial charge is 0.324 e. The van der Waals surface area contributed by atoms with Gasteiger partial charge in [-0.2, -0.15) is 0 Å². The van der Waals surface area contributed by atoms with Crippen molar-refractivity contribution < 1.29 is 0 Å². The molecule has 0 aliphatic rings. The van der Waals surface area contributed by atoms with E-state index in [2.05, 4.69) is 29.5 Å². The Hall–Kier alpha value is -1.06. The number of aromatic nitrogens is 2. The first-order valence-electron chi connectivity index (χ1n) is 4.90. The van der Waals surface area contributed by atoms with Gasteiger partial charge in [-0.1, -0.05) is 12.1 Å². The number of hydrogen-bond donors (Lipinski definition) is 1. The monoisotopic (exact) mass is 225 g/mol. The zero-order chi connectivity index (χ0) is 10.1. The van der Waals surface area contributed by atoms with Crippen molar-refractivity contribution in [1.29, 1.82) is 0 Å². The van der Waals surface area contributed by atoms with Crippen molar-refractivity contribution in [3.05, 3.63) is 30.1 Å². The Kier molecular flexibility index (Phi) is 3.72. The van der Waals surface area contributed by atoms with Gasteiger partial charge >= 0.3 is 0 Å². The van der Waals surface area contributed by atoms with Gasteiger partial charge in [-0.3, -0.25) is 0 Å². The number of para-hydroxylation sites is 2. The molecule has 3 nitrogen and oxygen atoms in total. The molecule has 1 aromatic carbocycles. The second kappa shape index (κ2) is 4.64. The minimum Gasteiger partial charge on any atom is -0.324 e. The fourth-order valence-corrected chi connectivity index (χ4v) is 1.81. The minimum atomic E-state index is 0. The van der Waals surface area contributed by atoms with Crippen LogP contribution in [0, 0.1) is 0 Å². The van der Waals surface area contributed by atoms with E-state index < -0.39 is 0 Å². The average molecular weight is 226 g/mol. The molecule has 0 atom stereocenters. The molecule has 4 heteroatoms. The smallest absolute Gasteiger partial charge is 0.123 e. The topological polar surface area (TPSA) is 43.8 Å². The molecule has 0 bridgehead atoms. The number of halogens is 1. The van der Waals surface area contributed by atoms with Crippen LogP contribution in [-0.4, -0.2) is 9.55 Å². The molecule has 0 fully saturated rings. The van der Waals surface area contributed by atoms with Crippen molar-refractivity contribution in [2.24, 2.45) is 5.73 Å². The highest BCUT2D eigenvalue weighted by atomic mass is 35.5. The molecule has 1 heterocycles. The van der Waals surface area contributed by atoms with Crippen molar-refractivity contribution in [2.45, 2.75) is 26.4 Å². The minimum absolute atomic E-state index is 0. The summed E-state index contributed by atoms with van der Waals surface area (Å²) >= 11 is 0. The van der Waals surface area contributed by atoms with E-state index in [1.165, 1.54) is 5.52 Å². The Balaban J connectivity index is 0.00000112.